The molecule has 2 heterocycles. The number of rotatable bonds is 5. The lowest BCUT2D eigenvalue weighted by molar-refractivity contribution is -0.141. The van der Waals surface area contributed by atoms with Crippen molar-refractivity contribution in [1.82, 2.24) is 10.6 Å². The summed E-state index contributed by atoms with van der Waals surface area (Å²) >= 11 is 1.67. The Morgan fingerprint density at radius 3 is 3.06 bits per heavy atom. The van der Waals surface area contributed by atoms with Crippen molar-refractivity contribution >= 4 is 17.3 Å². The van der Waals surface area contributed by atoms with Crippen molar-refractivity contribution in [2.75, 3.05) is 20.2 Å². The van der Waals surface area contributed by atoms with E-state index in [-0.39, 0.29) is 12.0 Å². The molecular weight excluding hydrogens is 224 g/mol. The second-order valence-electron chi connectivity index (χ2n) is 3.87. The molecular formula is C11H16N2O2S. The van der Waals surface area contributed by atoms with Gasteiger partial charge in [0.2, 0.25) is 0 Å². The summed E-state index contributed by atoms with van der Waals surface area (Å²) in [6.45, 7) is 1.95. The maximum atomic E-state index is 11.3. The molecule has 2 rings (SSSR count). The molecule has 2 N–H and O–H groups in total. The van der Waals surface area contributed by atoms with Crippen LogP contribution in [-0.4, -0.2) is 32.2 Å². The quantitative estimate of drug-likeness (QED) is 0.751. The standard InChI is InChI=1S/C11H16N2O2S/c1-15-11(14)5-9(10-3-2-4-16-10)13-8-6-12-7-8/h2-4,8-9,12-13H,5-7H2,1H3. The number of hydrogen-bond acceptors (Lipinski definition) is 5. The lowest BCUT2D eigenvalue weighted by Crippen LogP contribution is -2.56. The van der Waals surface area contributed by atoms with Crippen LogP contribution in [0.15, 0.2) is 17.5 Å². The molecule has 0 radical (unpaired) electrons. The van der Waals surface area contributed by atoms with Crippen molar-refractivity contribution in [2.45, 2.75) is 18.5 Å². The molecule has 4 nitrogen and oxygen atoms in total. The molecule has 0 amide bonds. The number of carbonyl (C=O) groups is 1. The Labute approximate surface area is 99.0 Å². The normalized spacial score (nSPS) is 17.8. The molecule has 1 aromatic heterocycles. The molecule has 0 spiro atoms. The van der Waals surface area contributed by atoms with Gasteiger partial charge in [0, 0.05) is 24.0 Å². The first kappa shape index (κ1) is 11.6. The van der Waals surface area contributed by atoms with Gasteiger partial charge in [0.05, 0.1) is 19.6 Å². The van der Waals surface area contributed by atoms with Gasteiger partial charge >= 0.3 is 5.97 Å². The fraction of sp³-hybridized carbons (Fsp3) is 0.545. The lowest BCUT2D eigenvalue weighted by atomic mass is 10.1. The molecule has 88 valence electrons. The van der Waals surface area contributed by atoms with Crippen LogP contribution in [-0.2, 0) is 9.53 Å². The molecule has 1 fully saturated rings. The molecule has 0 aromatic carbocycles. The fourth-order valence-electron chi connectivity index (χ4n) is 1.67. The van der Waals surface area contributed by atoms with Crippen LogP contribution in [0.1, 0.15) is 17.3 Å². The first-order valence-corrected chi connectivity index (χ1v) is 6.24. The molecule has 1 aliphatic heterocycles. The van der Waals surface area contributed by atoms with Crippen LogP contribution in [0.4, 0.5) is 0 Å². The minimum absolute atomic E-state index is 0.0829. The molecule has 5 heteroatoms. The second-order valence-corrected chi connectivity index (χ2v) is 4.85. The summed E-state index contributed by atoms with van der Waals surface area (Å²) in [4.78, 5) is 12.5. The topological polar surface area (TPSA) is 50.4 Å². The molecule has 1 aromatic rings. The van der Waals surface area contributed by atoms with E-state index in [2.05, 4.69) is 16.7 Å². The summed E-state index contributed by atoms with van der Waals surface area (Å²) < 4.78 is 4.72. The number of esters is 1. The smallest absolute Gasteiger partial charge is 0.307 e. The van der Waals surface area contributed by atoms with Gasteiger partial charge in [0.15, 0.2) is 0 Å². The van der Waals surface area contributed by atoms with Crippen molar-refractivity contribution < 1.29 is 9.53 Å². The summed E-state index contributed by atoms with van der Waals surface area (Å²) in [5, 5.41) is 8.70. The van der Waals surface area contributed by atoms with Crippen LogP contribution < -0.4 is 10.6 Å². The molecule has 1 unspecified atom stereocenters. The van der Waals surface area contributed by atoms with Crippen LogP contribution in [0.2, 0.25) is 0 Å². The summed E-state index contributed by atoms with van der Waals surface area (Å²) in [5.41, 5.74) is 0. The first-order valence-electron chi connectivity index (χ1n) is 5.36. The highest BCUT2D eigenvalue weighted by Gasteiger charge is 2.24. The lowest BCUT2D eigenvalue weighted by Gasteiger charge is -2.31. The largest absolute Gasteiger partial charge is 0.469 e. The molecule has 1 atom stereocenters. The van der Waals surface area contributed by atoms with Crippen molar-refractivity contribution in [3.63, 3.8) is 0 Å². The number of hydrogen-bond donors (Lipinski definition) is 2. The average Bonchev–Trinajstić information content (AvgIpc) is 2.74. The maximum absolute atomic E-state index is 11.3. The summed E-state index contributed by atoms with van der Waals surface area (Å²) in [6, 6.07) is 4.61. The Balaban J connectivity index is 1.97. The predicted octanol–water partition coefficient (Wildman–Crippen LogP) is 0.914. The maximum Gasteiger partial charge on any atom is 0.307 e. The van der Waals surface area contributed by atoms with Gasteiger partial charge in [-0.2, -0.15) is 0 Å². The number of nitrogens with one attached hydrogen (secondary N) is 2. The van der Waals surface area contributed by atoms with Crippen molar-refractivity contribution in [2.24, 2.45) is 0 Å². The van der Waals surface area contributed by atoms with Gasteiger partial charge in [0.25, 0.3) is 0 Å². The zero-order chi connectivity index (χ0) is 11.4. The van der Waals surface area contributed by atoms with Crippen LogP contribution in [0.3, 0.4) is 0 Å². The van der Waals surface area contributed by atoms with E-state index in [4.69, 9.17) is 4.74 Å². The monoisotopic (exact) mass is 240 g/mol. The Morgan fingerprint density at radius 2 is 2.56 bits per heavy atom. The van der Waals surface area contributed by atoms with Gasteiger partial charge in [-0.25, -0.2) is 0 Å². The number of ether oxygens (including phenoxy) is 1. The van der Waals surface area contributed by atoms with Crippen LogP contribution in [0, 0.1) is 0 Å². The minimum Gasteiger partial charge on any atom is -0.469 e. The van der Waals surface area contributed by atoms with E-state index in [0.717, 1.165) is 13.1 Å². The highest BCUT2D eigenvalue weighted by Crippen LogP contribution is 2.23. The van der Waals surface area contributed by atoms with E-state index in [1.165, 1.54) is 12.0 Å². The highest BCUT2D eigenvalue weighted by molar-refractivity contribution is 7.10. The average molecular weight is 240 g/mol. The number of carbonyl (C=O) groups excluding carboxylic acids is 1. The third-order valence-electron chi connectivity index (χ3n) is 2.70. The van der Waals surface area contributed by atoms with Crippen LogP contribution in [0.25, 0.3) is 0 Å². The third-order valence-corrected chi connectivity index (χ3v) is 3.69. The van der Waals surface area contributed by atoms with E-state index in [9.17, 15) is 4.79 Å². The fourth-order valence-corrected chi connectivity index (χ4v) is 2.46. The van der Waals surface area contributed by atoms with Crippen molar-refractivity contribution in [1.29, 1.82) is 0 Å². The van der Waals surface area contributed by atoms with Crippen LogP contribution in [0.5, 0.6) is 0 Å². The van der Waals surface area contributed by atoms with Gasteiger partial charge in [-0.15, -0.1) is 11.3 Å². The zero-order valence-electron chi connectivity index (χ0n) is 9.23. The van der Waals surface area contributed by atoms with E-state index in [0.29, 0.717) is 12.5 Å². The molecule has 1 saturated heterocycles. The van der Waals surface area contributed by atoms with E-state index < -0.39 is 0 Å². The summed E-state index contributed by atoms with van der Waals surface area (Å²) in [5.74, 6) is -0.168. The Hall–Kier alpha value is -0.910. The Bertz CT molecular complexity index is 336. The molecule has 0 saturated carbocycles. The minimum atomic E-state index is -0.168. The summed E-state index contributed by atoms with van der Waals surface area (Å²) in [7, 11) is 1.43. The van der Waals surface area contributed by atoms with Crippen molar-refractivity contribution in [3.8, 4) is 0 Å². The van der Waals surface area contributed by atoms with Gasteiger partial charge < -0.3 is 15.4 Å². The summed E-state index contributed by atoms with van der Waals surface area (Å²) in [6.07, 6.45) is 0.396. The molecule has 0 bridgehead atoms. The third kappa shape index (κ3) is 2.81. The Kier molecular flexibility index (Phi) is 3.93. The van der Waals surface area contributed by atoms with E-state index in [1.807, 2.05) is 11.4 Å². The van der Waals surface area contributed by atoms with Gasteiger partial charge in [-0.1, -0.05) is 6.07 Å². The first-order chi connectivity index (χ1) is 7.79. The second kappa shape index (κ2) is 5.43. The highest BCUT2D eigenvalue weighted by atomic mass is 32.1. The number of thiophene rings is 1. The van der Waals surface area contributed by atoms with Gasteiger partial charge in [0.1, 0.15) is 0 Å². The van der Waals surface area contributed by atoms with E-state index in [1.54, 1.807) is 11.3 Å². The molecule has 1 aliphatic rings. The van der Waals surface area contributed by atoms with Crippen molar-refractivity contribution in [3.05, 3.63) is 22.4 Å². The zero-order valence-corrected chi connectivity index (χ0v) is 10.0. The number of methoxy groups -OCH3 is 1. The van der Waals surface area contributed by atoms with Gasteiger partial charge in [-0.05, 0) is 11.4 Å². The SMILES string of the molecule is COC(=O)CC(NC1CNC1)c1cccs1. The Morgan fingerprint density at radius 1 is 1.75 bits per heavy atom. The van der Waals surface area contributed by atoms with Crippen LogP contribution >= 0.6 is 11.3 Å². The van der Waals surface area contributed by atoms with E-state index >= 15 is 0 Å². The molecule has 16 heavy (non-hydrogen) atoms. The molecule has 0 aliphatic carbocycles. The van der Waals surface area contributed by atoms with Gasteiger partial charge in [-0.3, -0.25) is 4.79 Å². The predicted molar refractivity (Wildman–Crippen MR) is 63.5 cm³/mol.